The molecule has 1 atom stereocenters. The van der Waals surface area contributed by atoms with Crippen molar-refractivity contribution in [3.05, 3.63) is 60.2 Å². The first-order valence-electron chi connectivity index (χ1n) is 8.47. The van der Waals surface area contributed by atoms with Crippen molar-refractivity contribution in [1.82, 2.24) is 5.32 Å². The van der Waals surface area contributed by atoms with E-state index >= 15 is 0 Å². The predicted molar refractivity (Wildman–Crippen MR) is 103 cm³/mol. The summed E-state index contributed by atoms with van der Waals surface area (Å²) >= 11 is 1.43. The maximum absolute atomic E-state index is 12.0. The molecule has 138 valence electrons. The lowest BCUT2D eigenvalue weighted by Crippen LogP contribution is -2.35. The van der Waals surface area contributed by atoms with Crippen LogP contribution in [-0.2, 0) is 16.0 Å². The van der Waals surface area contributed by atoms with Crippen LogP contribution in [0.1, 0.15) is 12.5 Å². The average molecular weight is 373 g/mol. The number of ether oxygens (including phenoxy) is 1. The molecule has 26 heavy (non-hydrogen) atoms. The van der Waals surface area contributed by atoms with Crippen LogP contribution in [0.25, 0.3) is 0 Å². The molecule has 0 aliphatic rings. The Morgan fingerprint density at radius 3 is 2.42 bits per heavy atom. The van der Waals surface area contributed by atoms with Crippen molar-refractivity contribution in [2.45, 2.75) is 18.2 Å². The molecule has 0 aliphatic carbocycles. The van der Waals surface area contributed by atoms with Gasteiger partial charge in [-0.3, -0.25) is 9.59 Å². The number of hydrogen-bond acceptors (Lipinski definition) is 4. The number of benzene rings is 2. The van der Waals surface area contributed by atoms with E-state index in [0.29, 0.717) is 13.0 Å². The third-order valence-corrected chi connectivity index (χ3v) is 4.74. The van der Waals surface area contributed by atoms with Gasteiger partial charge >= 0.3 is 5.97 Å². The molecule has 1 amide bonds. The van der Waals surface area contributed by atoms with Gasteiger partial charge in [-0.05, 0) is 43.2 Å². The summed E-state index contributed by atoms with van der Waals surface area (Å²) in [6, 6.07) is 17.0. The zero-order chi connectivity index (χ0) is 18.8. The maximum atomic E-state index is 12.0. The van der Waals surface area contributed by atoms with Crippen LogP contribution >= 0.6 is 11.8 Å². The quantitative estimate of drug-likeness (QED) is 0.626. The van der Waals surface area contributed by atoms with E-state index in [9.17, 15) is 14.7 Å². The highest BCUT2D eigenvalue weighted by molar-refractivity contribution is 8.00. The number of thioether (sulfide) groups is 1. The number of nitrogens with one attached hydrogen (secondary N) is 1. The van der Waals surface area contributed by atoms with Gasteiger partial charge < -0.3 is 15.2 Å². The third-order valence-electron chi connectivity index (χ3n) is 3.72. The lowest BCUT2D eigenvalue weighted by molar-refractivity contribution is -0.141. The van der Waals surface area contributed by atoms with Crippen molar-refractivity contribution < 1.29 is 19.4 Å². The average Bonchev–Trinajstić information content (AvgIpc) is 2.65. The van der Waals surface area contributed by atoms with Gasteiger partial charge in [0.2, 0.25) is 5.91 Å². The highest BCUT2D eigenvalue weighted by Crippen LogP contribution is 2.17. The first kappa shape index (κ1) is 19.8. The highest BCUT2D eigenvalue weighted by atomic mass is 32.2. The number of carboxylic acid groups (broad SMARTS) is 1. The first-order chi connectivity index (χ1) is 12.6. The summed E-state index contributed by atoms with van der Waals surface area (Å²) < 4.78 is 5.38. The van der Waals surface area contributed by atoms with Crippen LogP contribution in [0.3, 0.4) is 0 Å². The molecule has 2 rings (SSSR count). The van der Waals surface area contributed by atoms with Gasteiger partial charge in [0.05, 0.1) is 18.3 Å². The van der Waals surface area contributed by atoms with E-state index < -0.39 is 11.9 Å². The number of amides is 1. The lowest BCUT2D eigenvalue weighted by Gasteiger charge is -2.14. The highest BCUT2D eigenvalue weighted by Gasteiger charge is 2.19. The van der Waals surface area contributed by atoms with Crippen LogP contribution in [0.15, 0.2) is 59.5 Å². The summed E-state index contributed by atoms with van der Waals surface area (Å²) in [7, 11) is 0. The van der Waals surface area contributed by atoms with E-state index in [2.05, 4.69) is 5.32 Å². The molecule has 0 aliphatic heterocycles. The topological polar surface area (TPSA) is 75.6 Å². The van der Waals surface area contributed by atoms with Crippen LogP contribution in [-0.4, -0.2) is 35.9 Å². The molecule has 1 unspecified atom stereocenters. The predicted octanol–water partition coefficient (Wildman–Crippen LogP) is 3.24. The lowest BCUT2D eigenvalue weighted by atomic mass is 9.99. The van der Waals surface area contributed by atoms with Crippen molar-refractivity contribution in [3.63, 3.8) is 0 Å². The van der Waals surface area contributed by atoms with Gasteiger partial charge in [0.1, 0.15) is 5.75 Å². The van der Waals surface area contributed by atoms with Crippen molar-refractivity contribution in [1.29, 1.82) is 0 Å². The second-order valence-electron chi connectivity index (χ2n) is 5.72. The van der Waals surface area contributed by atoms with E-state index in [4.69, 9.17) is 4.74 Å². The minimum Gasteiger partial charge on any atom is -0.494 e. The molecule has 2 N–H and O–H groups in total. The van der Waals surface area contributed by atoms with Gasteiger partial charge in [-0.2, -0.15) is 0 Å². The van der Waals surface area contributed by atoms with Crippen LogP contribution in [0.5, 0.6) is 5.75 Å². The number of carbonyl (C=O) groups is 2. The Balaban J connectivity index is 1.81. The molecule has 0 fully saturated rings. The van der Waals surface area contributed by atoms with Gasteiger partial charge in [-0.1, -0.05) is 30.3 Å². The van der Waals surface area contributed by atoms with Crippen molar-refractivity contribution in [2.75, 3.05) is 18.9 Å². The molecule has 5 nitrogen and oxygen atoms in total. The fraction of sp³-hybridized carbons (Fsp3) is 0.300. The zero-order valence-corrected chi connectivity index (χ0v) is 15.5. The molecule has 0 saturated heterocycles. The van der Waals surface area contributed by atoms with E-state index in [1.165, 1.54) is 11.8 Å². The molecule has 2 aromatic carbocycles. The minimum atomic E-state index is -0.921. The summed E-state index contributed by atoms with van der Waals surface area (Å²) in [6.07, 6.45) is 0.355. The fourth-order valence-electron chi connectivity index (χ4n) is 2.37. The molecule has 6 heteroatoms. The molecule has 0 radical (unpaired) electrons. The number of carboxylic acids is 1. The van der Waals surface area contributed by atoms with Crippen molar-refractivity contribution >= 4 is 23.6 Å². The molecule has 0 heterocycles. The molecule has 2 aromatic rings. The van der Waals surface area contributed by atoms with Crippen LogP contribution < -0.4 is 10.1 Å². The van der Waals surface area contributed by atoms with E-state index in [1.807, 2.05) is 61.5 Å². The monoisotopic (exact) mass is 373 g/mol. The molecule has 0 saturated carbocycles. The Labute approximate surface area is 157 Å². The van der Waals surface area contributed by atoms with E-state index in [-0.39, 0.29) is 18.2 Å². The van der Waals surface area contributed by atoms with Crippen molar-refractivity contribution in [2.24, 2.45) is 5.92 Å². The normalized spacial score (nSPS) is 11.6. The van der Waals surface area contributed by atoms with Gasteiger partial charge in [0.25, 0.3) is 0 Å². The largest absolute Gasteiger partial charge is 0.494 e. The Bertz CT molecular complexity index is 704. The summed E-state index contributed by atoms with van der Waals surface area (Å²) in [5.74, 6) is -0.737. The first-order valence-corrected chi connectivity index (χ1v) is 9.46. The molecular formula is C20H23NO4S. The number of rotatable bonds is 10. The van der Waals surface area contributed by atoms with Gasteiger partial charge in [-0.15, -0.1) is 11.8 Å². The number of aliphatic carboxylic acids is 1. The van der Waals surface area contributed by atoms with Crippen molar-refractivity contribution in [3.8, 4) is 5.75 Å². The minimum absolute atomic E-state index is 0.108. The molecule has 0 aromatic heterocycles. The Kier molecular flexibility index (Phi) is 8.02. The summed E-state index contributed by atoms with van der Waals surface area (Å²) in [5.41, 5.74) is 0.897. The number of carbonyl (C=O) groups excluding carboxylic acids is 1. The van der Waals surface area contributed by atoms with Crippen LogP contribution in [0.2, 0.25) is 0 Å². The Hall–Kier alpha value is -2.47. The molecular weight excluding hydrogens is 350 g/mol. The van der Waals surface area contributed by atoms with E-state index in [0.717, 1.165) is 16.2 Å². The van der Waals surface area contributed by atoms with Gasteiger partial charge in [-0.25, -0.2) is 0 Å². The smallest absolute Gasteiger partial charge is 0.308 e. The van der Waals surface area contributed by atoms with E-state index in [1.54, 1.807) is 0 Å². The number of hydrogen-bond donors (Lipinski definition) is 2. The molecule has 0 bridgehead atoms. The van der Waals surface area contributed by atoms with Gasteiger partial charge in [0, 0.05) is 11.4 Å². The van der Waals surface area contributed by atoms with Gasteiger partial charge in [0.15, 0.2) is 0 Å². The summed E-state index contributed by atoms with van der Waals surface area (Å²) in [4.78, 5) is 24.5. The second-order valence-corrected chi connectivity index (χ2v) is 6.77. The Morgan fingerprint density at radius 2 is 1.81 bits per heavy atom. The maximum Gasteiger partial charge on any atom is 0.308 e. The third kappa shape index (κ3) is 6.80. The summed E-state index contributed by atoms with van der Waals surface area (Å²) in [5, 5.41) is 12.1. The Morgan fingerprint density at radius 1 is 1.12 bits per heavy atom. The standard InChI is InChI=1S/C20H23NO4S/c1-2-25-17-10-8-15(9-11-17)12-16(20(23)24)13-21-19(22)14-26-18-6-4-3-5-7-18/h3-11,16H,2,12-14H2,1H3,(H,21,22)(H,23,24). The fourth-order valence-corrected chi connectivity index (χ4v) is 3.12. The van der Waals surface area contributed by atoms with Crippen LogP contribution in [0, 0.1) is 5.92 Å². The zero-order valence-electron chi connectivity index (χ0n) is 14.7. The molecule has 0 spiro atoms. The van der Waals surface area contributed by atoms with Crippen LogP contribution in [0.4, 0.5) is 0 Å². The summed E-state index contributed by atoms with van der Waals surface area (Å²) in [6.45, 7) is 2.61. The SMILES string of the molecule is CCOc1ccc(CC(CNC(=O)CSc2ccccc2)C(=O)O)cc1. The second kappa shape index (κ2) is 10.5.